The van der Waals surface area contributed by atoms with Crippen molar-refractivity contribution in [3.05, 3.63) is 381 Å². The van der Waals surface area contributed by atoms with E-state index in [1.807, 2.05) is 6.07 Å². The molecule has 16 aromatic carbocycles. The number of aromatic nitrogens is 6. The standard InChI is InChI=1S/C48H31N3.C30H20N2.C18H12BrN/c1-3-13-34(14-4-1)49-43-20-10-7-17-37(43)40-29-32(23-26-46(40)49)33-24-27-47-41(30-33)38-18-8-12-22-45(38)51(47)36-25-28-48-42(31-36)39-19-9-11-21-44(39)50(48)35-15-5-2-6-16-35;1-2-8-22(9-3-1)32-29-13-7-5-11-24(29)26-19-21(15-17-30(26)32)20-14-16-28-25(18-20)23-10-4-6-12-27(23)31-28;19-13-10-11-18-16(12-13)15-8-4-5-9-17(15)20(18)14-6-2-1-3-7-14/h1-31H;1-19,31H;1-12H. The zero-order chi connectivity index (χ0) is 68.1. The van der Waals surface area contributed by atoms with E-state index in [1.54, 1.807) is 0 Å². The smallest absolute Gasteiger partial charge is 0.0542 e. The highest BCUT2D eigenvalue weighted by Crippen LogP contribution is 2.42. The molecule has 0 spiro atoms. The molecule has 484 valence electrons. The molecule has 22 aromatic rings. The Balaban J connectivity index is 0.000000115. The van der Waals surface area contributed by atoms with E-state index in [9.17, 15) is 0 Å². The Morgan fingerprint density at radius 2 is 0.417 bits per heavy atom. The van der Waals surface area contributed by atoms with Crippen LogP contribution in [0.1, 0.15) is 0 Å². The van der Waals surface area contributed by atoms with Crippen molar-refractivity contribution < 1.29 is 0 Å². The fourth-order valence-electron chi connectivity index (χ4n) is 16.2. The Morgan fingerprint density at radius 1 is 0.165 bits per heavy atom. The summed E-state index contributed by atoms with van der Waals surface area (Å²) in [6, 6.07) is 135. The van der Waals surface area contributed by atoms with Gasteiger partial charge in [0.2, 0.25) is 0 Å². The van der Waals surface area contributed by atoms with Crippen LogP contribution >= 0.6 is 15.9 Å². The van der Waals surface area contributed by atoms with Crippen molar-refractivity contribution >= 4 is 147 Å². The van der Waals surface area contributed by atoms with Crippen LogP contribution in [0.5, 0.6) is 0 Å². The molecule has 7 heteroatoms. The molecule has 0 saturated carbocycles. The van der Waals surface area contributed by atoms with Crippen LogP contribution in [0, 0.1) is 0 Å². The van der Waals surface area contributed by atoms with Crippen LogP contribution in [-0.2, 0) is 0 Å². The van der Waals surface area contributed by atoms with Crippen molar-refractivity contribution in [3.63, 3.8) is 0 Å². The Kier molecular flexibility index (Phi) is 14.3. The van der Waals surface area contributed by atoms with Gasteiger partial charge < -0.3 is 27.8 Å². The van der Waals surface area contributed by atoms with Crippen LogP contribution in [0.4, 0.5) is 0 Å². The van der Waals surface area contributed by atoms with E-state index in [1.165, 1.54) is 176 Å². The Hall–Kier alpha value is -13.2. The van der Waals surface area contributed by atoms with Crippen LogP contribution in [0.25, 0.3) is 182 Å². The van der Waals surface area contributed by atoms with Crippen molar-refractivity contribution in [2.75, 3.05) is 0 Å². The van der Waals surface area contributed by atoms with E-state index in [0.717, 1.165) is 10.2 Å². The van der Waals surface area contributed by atoms with Gasteiger partial charge in [0.15, 0.2) is 0 Å². The molecule has 0 bridgehead atoms. The molecule has 6 aromatic heterocycles. The third kappa shape index (κ3) is 9.99. The molecule has 0 radical (unpaired) electrons. The van der Waals surface area contributed by atoms with Crippen LogP contribution in [0.15, 0.2) is 381 Å². The number of nitrogens with zero attached hydrogens (tertiary/aromatic N) is 5. The van der Waals surface area contributed by atoms with Crippen LogP contribution in [0.3, 0.4) is 0 Å². The number of para-hydroxylation sites is 10. The average Bonchev–Trinajstić information content (AvgIpc) is 1.59. The normalized spacial score (nSPS) is 11.7. The maximum atomic E-state index is 3.57. The molecule has 0 saturated heterocycles. The summed E-state index contributed by atoms with van der Waals surface area (Å²) < 4.78 is 13.0. The maximum absolute atomic E-state index is 3.57. The molecule has 0 aliphatic rings. The molecule has 6 heterocycles. The van der Waals surface area contributed by atoms with Gasteiger partial charge in [-0.2, -0.15) is 0 Å². The maximum Gasteiger partial charge on any atom is 0.0542 e. The lowest BCUT2D eigenvalue weighted by Gasteiger charge is -2.11. The molecule has 0 aliphatic carbocycles. The summed E-state index contributed by atoms with van der Waals surface area (Å²) in [6.45, 7) is 0. The average molecular weight is 1380 g/mol. The number of benzene rings is 16. The van der Waals surface area contributed by atoms with Crippen molar-refractivity contribution in [1.29, 1.82) is 0 Å². The number of H-pyrrole nitrogens is 1. The molecule has 0 amide bonds. The second-order valence-corrected chi connectivity index (χ2v) is 27.5. The number of aromatic amines is 1. The first-order chi connectivity index (χ1) is 51.0. The Bertz CT molecular complexity index is 7050. The monoisotopic (exact) mass is 1380 g/mol. The van der Waals surface area contributed by atoms with Gasteiger partial charge in [-0.25, -0.2) is 0 Å². The minimum atomic E-state index is 1.11. The largest absolute Gasteiger partial charge is 0.355 e. The topological polar surface area (TPSA) is 40.4 Å². The number of fused-ring (bicyclic) bond motifs is 18. The summed E-state index contributed by atoms with van der Waals surface area (Å²) in [7, 11) is 0. The van der Waals surface area contributed by atoms with Gasteiger partial charge in [-0.1, -0.05) is 222 Å². The van der Waals surface area contributed by atoms with Gasteiger partial charge in [-0.3, -0.25) is 0 Å². The molecule has 22 rings (SSSR count). The van der Waals surface area contributed by atoms with E-state index in [0.29, 0.717) is 0 Å². The second-order valence-electron chi connectivity index (χ2n) is 26.6. The van der Waals surface area contributed by atoms with Crippen molar-refractivity contribution in [2.45, 2.75) is 0 Å². The molecule has 0 aliphatic heterocycles. The zero-order valence-electron chi connectivity index (χ0n) is 55.9. The van der Waals surface area contributed by atoms with Gasteiger partial charge in [0.1, 0.15) is 0 Å². The number of hydrogen-bond donors (Lipinski definition) is 1. The first-order valence-electron chi connectivity index (χ1n) is 35.1. The summed E-state index contributed by atoms with van der Waals surface area (Å²) in [4.78, 5) is 3.53. The van der Waals surface area contributed by atoms with E-state index in [2.05, 4.69) is 414 Å². The molecule has 0 atom stereocenters. The van der Waals surface area contributed by atoms with E-state index < -0.39 is 0 Å². The summed E-state index contributed by atoms with van der Waals surface area (Å²) in [5.41, 5.74) is 25.4. The van der Waals surface area contributed by atoms with Crippen LogP contribution in [-0.4, -0.2) is 27.8 Å². The molecule has 0 fully saturated rings. The van der Waals surface area contributed by atoms with E-state index in [4.69, 9.17) is 0 Å². The van der Waals surface area contributed by atoms with Crippen LogP contribution in [0.2, 0.25) is 0 Å². The third-order valence-electron chi connectivity index (χ3n) is 20.8. The first kappa shape index (κ1) is 59.8. The van der Waals surface area contributed by atoms with Crippen molar-refractivity contribution in [2.24, 2.45) is 0 Å². The molecular weight excluding hydrogens is 1320 g/mol. The summed E-state index contributed by atoms with van der Waals surface area (Å²) in [5, 5.41) is 15.2. The minimum absolute atomic E-state index is 1.11. The highest BCUT2D eigenvalue weighted by atomic mass is 79.9. The fraction of sp³-hybridized carbons (Fsp3) is 0. The highest BCUT2D eigenvalue weighted by Gasteiger charge is 2.21. The Morgan fingerprint density at radius 3 is 0.796 bits per heavy atom. The number of halogens is 1. The third-order valence-corrected chi connectivity index (χ3v) is 21.3. The molecule has 0 unspecified atom stereocenters. The van der Waals surface area contributed by atoms with E-state index in [-0.39, 0.29) is 0 Å². The summed E-state index contributed by atoms with van der Waals surface area (Å²) in [5.74, 6) is 0. The van der Waals surface area contributed by atoms with Crippen LogP contribution < -0.4 is 0 Å². The van der Waals surface area contributed by atoms with Gasteiger partial charge in [0, 0.05) is 109 Å². The first-order valence-corrected chi connectivity index (χ1v) is 35.9. The predicted molar refractivity (Wildman–Crippen MR) is 439 cm³/mol. The lowest BCUT2D eigenvalue weighted by atomic mass is 10.0. The molecule has 1 N–H and O–H groups in total. The predicted octanol–water partition coefficient (Wildman–Crippen LogP) is 26.3. The Labute approximate surface area is 601 Å². The van der Waals surface area contributed by atoms with E-state index >= 15 is 0 Å². The second kappa shape index (κ2) is 24.6. The molecule has 103 heavy (non-hydrogen) atoms. The number of nitrogens with one attached hydrogen (secondary N) is 1. The van der Waals surface area contributed by atoms with Gasteiger partial charge >= 0.3 is 0 Å². The number of rotatable bonds is 7. The lowest BCUT2D eigenvalue weighted by molar-refractivity contribution is 1.17. The number of hydrogen-bond acceptors (Lipinski definition) is 0. The zero-order valence-corrected chi connectivity index (χ0v) is 57.5. The molecular formula is C96H63BrN6. The SMILES string of the molecule is Brc1ccc2c(c1)c1ccccc1n2-c1ccccc1.c1ccc(-n2c3ccccc3c3cc(-c4ccc5[nH]c6ccccc6c5c4)ccc32)cc1.c1ccc(-n2c3ccccc3c3cc(-c4ccc5c(c4)c4ccccc4n5-c4ccc5c(c4)c4ccccc4n5-c4ccccc4)ccc32)cc1. The van der Waals surface area contributed by atoms with Gasteiger partial charge in [0.25, 0.3) is 0 Å². The highest BCUT2D eigenvalue weighted by molar-refractivity contribution is 9.10. The van der Waals surface area contributed by atoms with Crippen molar-refractivity contribution in [3.8, 4) is 50.7 Å². The lowest BCUT2D eigenvalue weighted by Crippen LogP contribution is -1.95. The van der Waals surface area contributed by atoms with Gasteiger partial charge in [-0.15, -0.1) is 0 Å². The van der Waals surface area contributed by atoms with Crippen molar-refractivity contribution in [1.82, 2.24) is 27.8 Å². The van der Waals surface area contributed by atoms with Gasteiger partial charge in [-0.05, 0) is 192 Å². The molecule has 6 nitrogen and oxygen atoms in total. The van der Waals surface area contributed by atoms with Gasteiger partial charge in [0.05, 0.1) is 55.2 Å². The fourth-order valence-corrected chi connectivity index (χ4v) is 16.6. The minimum Gasteiger partial charge on any atom is -0.355 e. The summed E-state index contributed by atoms with van der Waals surface area (Å²) >= 11 is 3.57. The summed E-state index contributed by atoms with van der Waals surface area (Å²) in [6.07, 6.45) is 0. The quantitative estimate of drug-likeness (QED) is 0.165.